The molecule has 1 aliphatic rings. The van der Waals surface area contributed by atoms with Crippen molar-refractivity contribution in [3.8, 4) is 0 Å². The second-order valence-electron chi connectivity index (χ2n) is 6.39. The number of nitrogens with zero attached hydrogens (tertiary/aromatic N) is 1. The van der Waals surface area contributed by atoms with Crippen LogP contribution in [0.1, 0.15) is 23.2 Å². The van der Waals surface area contributed by atoms with Gasteiger partial charge in [0.2, 0.25) is 5.91 Å². The van der Waals surface area contributed by atoms with Crippen molar-refractivity contribution in [2.45, 2.75) is 12.8 Å². The molecule has 1 aliphatic carbocycles. The number of nitro groups is 1. The zero-order chi connectivity index (χ0) is 21.0. The molecule has 0 aliphatic heterocycles. The molecule has 1 fully saturated rings. The topological polar surface area (TPSA) is 128 Å². The van der Waals surface area contributed by atoms with Crippen LogP contribution >= 0.6 is 15.9 Å². The van der Waals surface area contributed by atoms with Crippen molar-refractivity contribution >= 4 is 50.8 Å². The van der Waals surface area contributed by atoms with Crippen molar-refractivity contribution in [3.05, 3.63) is 62.6 Å². The Morgan fingerprint density at radius 3 is 2.38 bits per heavy atom. The van der Waals surface area contributed by atoms with Gasteiger partial charge in [0.15, 0.2) is 6.61 Å². The maximum absolute atomic E-state index is 12.1. The number of hydrogen-bond acceptors (Lipinski definition) is 6. The van der Waals surface area contributed by atoms with Gasteiger partial charge >= 0.3 is 5.97 Å². The van der Waals surface area contributed by atoms with Crippen molar-refractivity contribution in [1.29, 1.82) is 0 Å². The summed E-state index contributed by atoms with van der Waals surface area (Å²) in [6.07, 6.45) is 1.80. The Bertz CT molecular complexity index is 972. The van der Waals surface area contributed by atoms with Crippen LogP contribution in [-0.4, -0.2) is 29.3 Å². The molecule has 0 unspecified atom stereocenters. The first kappa shape index (κ1) is 20.5. The number of ether oxygens (including phenoxy) is 1. The summed E-state index contributed by atoms with van der Waals surface area (Å²) in [6.45, 7) is -0.525. The molecule has 0 aromatic heterocycles. The molecule has 0 heterocycles. The van der Waals surface area contributed by atoms with Crippen LogP contribution in [0.4, 0.5) is 17.1 Å². The van der Waals surface area contributed by atoms with Crippen LogP contribution in [0.5, 0.6) is 0 Å². The first-order chi connectivity index (χ1) is 13.8. The van der Waals surface area contributed by atoms with E-state index in [9.17, 15) is 24.5 Å². The summed E-state index contributed by atoms with van der Waals surface area (Å²) in [7, 11) is 0. The number of anilines is 2. The van der Waals surface area contributed by atoms with Gasteiger partial charge in [-0.1, -0.05) is 0 Å². The smallest absolute Gasteiger partial charge is 0.338 e. The van der Waals surface area contributed by atoms with Crippen molar-refractivity contribution < 1.29 is 24.0 Å². The third-order valence-electron chi connectivity index (χ3n) is 4.11. The largest absolute Gasteiger partial charge is 0.452 e. The molecule has 150 valence electrons. The SMILES string of the molecule is O=C(COC(=O)c1ccc(NC(=O)C2CC2)cc1)Nc1ccc([N+](=O)[O-])cc1Br. The average molecular weight is 462 g/mol. The maximum atomic E-state index is 12.1. The minimum atomic E-state index is -0.692. The Morgan fingerprint density at radius 1 is 1.10 bits per heavy atom. The first-order valence-electron chi connectivity index (χ1n) is 8.65. The number of nitro benzene ring substituents is 1. The van der Waals surface area contributed by atoms with Gasteiger partial charge in [-0.25, -0.2) is 4.79 Å². The summed E-state index contributed by atoms with van der Waals surface area (Å²) in [4.78, 5) is 45.9. The number of esters is 1. The van der Waals surface area contributed by atoms with Gasteiger partial charge in [-0.3, -0.25) is 19.7 Å². The molecule has 0 radical (unpaired) electrons. The van der Waals surface area contributed by atoms with Crippen LogP contribution in [0.15, 0.2) is 46.9 Å². The predicted molar refractivity (Wildman–Crippen MR) is 108 cm³/mol. The van der Waals surface area contributed by atoms with Crippen LogP contribution in [-0.2, 0) is 14.3 Å². The summed E-state index contributed by atoms with van der Waals surface area (Å²) < 4.78 is 5.30. The lowest BCUT2D eigenvalue weighted by molar-refractivity contribution is -0.384. The van der Waals surface area contributed by atoms with Crippen molar-refractivity contribution in [2.75, 3.05) is 17.2 Å². The zero-order valence-corrected chi connectivity index (χ0v) is 16.6. The molecule has 2 amide bonds. The molecule has 0 bridgehead atoms. The fraction of sp³-hybridized carbons (Fsp3) is 0.211. The van der Waals surface area contributed by atoms with Gasteiger partial charge in [0.1, 0.15) is 0 Å². The Labute approximate surface area is 173 Å². The van der Waals surface area contributed by atoms with Gasteiger partial charge in [0.05, 0.1) is 16.2 Å². The van der Waals surface area contributed by atoms with E-state index in [4.69, 9.17) is 4.74 Å². The van der Waals surface area contributed by atoms with Gasteiger partial charge in [0.25, 0.3) is 11.6 Å². The molecule has 9 nitrogen and oxygen atoms in total. The highest BCUT2D eigenvalue weighted by atomic mass is 79.9. The molecule has 2 N–H and O–H groups in total. The van der Waals surface area contributed by atoms with E-state index in [1.807, 2.05) is 0 Å². The number of rotatable bonds is 7. The molecule has 0 saturated heterocycles. The summed E-state index contributed by atoms with van der Waals surface area (Å²) in [5.41, 5.74) is 1.00. The Morgan fingerprint density at radius 2 is 1.79 bits per heavy atom. The number of benzene rings is 2. The molecule has 0 spiro atoms. The van der Waals surface area contributed by atoms with E-state index in [-0.39, 0.29) is 23.1 Å². The summed E-state index contributed by atoms with van der Waals surface area (Å²) >= 11 is 3.14. The average Bonchev–Trinajstić information content (AvgIpc) is 3.53. The Hall–Kier alpha value is -3.27. The fourth-order valence-corrected chi connectivity index (χ4v) is 2.86. The lowest BCUT2D eigenvalue weighted by Crippen LogP contribution is -2.21. The van der Waals surface area contributed by atoms with E-state index >= 15 is 0 Å². The predicted octanol–water partition coefficient (Wildman–Crippen LogP) is 3.50. The number of non-ortho nitro benzene ring substituents is 1. The van der Waals surface area contributed by atoms with Gasteiger partial charge in [-0.15, -0.1) is 0 Å². The van der Waals surface area contributed by atoms with E-state index < -0.39 is 23.4 Å². The van der Waals surface area contributed by atoms with Crippen LogP contribution in [0, 0.1) is 16.0 Å². The second-order valence-corrected chi connectivity index (χ2v) is 7.24. The van der Waals surface area contributed by atoms with Crippen LogP contribution in [0.25, 0.3) is 0 Å². The third kappa shape index (κ3) is 5.61. The maximum Gasteiger partial charge on any atom is 0.338 e. The Kier molecular flexibility index (Phi) is 6.23. The normalized spacial score (nSPS) is 12.7. The van der Waals surface area contributed by atoms with Crippen molar-refractivity contribution in [2.24, 2.45) is 5.92 Å². The van der Waals surface area contributed by atoms with E-state index in [0.29, 0.717) is 15.8 Å². The van der Waals surface area contributed by atoms with Crippen LogP contribution in [0.2, 0.25) is 0 Å². The van der Waals surface area contributed by atoms with Gasteiger partial charge in [0, 0.05) is 28.2 Å². The molecular formula is C19H16BrN3O6. The quantitative estimate of drug-likeness (QED) is 0.368. The molecule has 3 rings (SSSR count). The van der Waals surface area contributed by atoms with Crippen LogP contribution in [0.3, 0.4) is 0 Å². The lowest BCUT2D eigenvalue weighted by Gasteiger charge is -2.09. The van der Waals surface area contributed by atoms with E-state index in [1.54, 1.807) is 12.1 Å². The number of halogens is 1. The monoisotopic (exact) mass is 461 g/mol. The van der Waals surface area contributed by atoms with E-state index in [1.165, 1.54) is 30.3 Å². The van der Waals surface area contributed by atoms with Crippen molar-refractivity contribution in [1.82, 2.24) is 0 Å². The number of carbonyl (C=O) groups excluding carboxylic acids is 3. The third-order valence-corrected chi connectivity index (χ3v) is 4.76. The standard InChI is InChI=1S/C19H16BrN3O6/c20-15-9-14(23(27)28)7-8-16(15)22-17(24)10-29-19(26)12-3-5-13(6-4-12)21-18(25)11-1-2-11/h3-9,11H,1-2,10H2,(H,21,25)(H,22,24). The number of carbonyl (C=O) groups is 3. The summed E-state index contributed by atoms with van der Waals surface area (Å²) in [5.74, 6) is -1.24. The molecule has 1 saturated carbocycles. The first-order valence-corrected chi connectivity index (χ1v) is 9.44. The van der Waals surface area contributed by atoms with Gasteiger partial charge < -0.3 is 15.4 Å². The fourth-order valence-electron chi connectivity index (χ4n) is 2.40. The molecule has 2 aromatic rings. The highest BCUT2D eigenvalue weighted by Gasteiger charge is 2.29. The van der Waals surface area contributed by atoms with Crippen molar-refractivity contribution in [3.63, 3.8) is 0 Å². The minimum absolute atomic E-state index is 0.0330. The highest BCUT2D eigenvalue weighted by Crippen LogP contribution is 2.30. The molecule has 10 heteroatoms. The van der Waals surface area contributed by atoms with E-state index in [0.717, 1.165) is 12.8 Å². The zero-order valence-electron chi connectivity index (χ0n) is 15.0. The van der Waals surface area contributed by atoms with E-state index in [2.05, 4.69) is 26.6 Å². The molecular weight excluding hydrogens is 446 g/mol. The molecule has 29 heavy (non-hydrogen) atoms. The molecule has 0 atom stereocenters. The lowest BCUT2D eigenvalue weighted by atomic mass is 10.2. The second kappa shape index (κ2) is 8.82. The number of nitrogens with one attached hydrogen (secondary N) is 2. The highest BCUT2D eigenvalue weighted by molar-refractivity contribution is 9.10. The summed E-state index contributed by atoms with van der Waals surface area (Å²) in [6, 6.07) is 10.0. The number of amides is 2. The van der Waals surface area contributed by atoms with Gasteiger partial charge in [-0.2, -0.15) is 0 Å². The minimum Gasteiger partial charge on any atom is -0.452 e. The Balaban J connectivity index is 1.50. The van der Waals surface area contributed by atoms with Crippen LogP contribution < -0.4 is 10.6 Å². The van der Waals surface area contributed by atoms with Gasteiger partial charge in [-0.05, 0) is 59.1 Å². The molecule has 2 aromatic carbocycles. The summed E-state index contributed by atoms with van der Waals surface area (Å²) in [5, 5.41) is 16.0. The number of hydrogen-bond donors (Lipinski definition) is 2.